The van der Waals surface area contributed by atoms with E-state index in [0.29, 0.717) is 0 Å². The zero-order valence-corrected chi connectivity index (χ0v) is 14.4. The summed E-state index contributed by atoms with van der Waals surface area (Å²) in [5.41, 5.74) is 4.10. The van der Waals surface area contributed by atoms with Gasteiger partial charge in [0.05, 0.1) is 0 Å². The van der Waals surface area contributed by atoms with Crippen LogP contribution >= 0.6 is 0 Å². The van der Waals surface area contributed by atoms with Crippen molar-refractivity contribution in [2.45, 2.75) is 26.3 Å². The van der Waals surface area contributed by atoms with Crippen molar-refractivity contribution in [3.05, 3.63) is 71.3 Å². The fourth-order valence-corrected chi connectivity index (χ4v) is 3.13. The van der Waals surface area contributed by atoms with E-state index in [1.54, 1.807) is 11.0 Å². The summed E-state index contributed by atoms with van der Waals surface area (Å²) in [5, 5.41) is 0. The number of rotatable bonds is 4. The van der Waals surface area contributed by atoms with Gasteiger partial charge in [0.25, 0.3) is 5.91 Å². The number of amides is 1. The molecule has 0 unspecified atom stereocenters. The quantitative estimate of drug-likeness (QED) is 0.634. The standard InChI is InChI=1S/C21H21NO3/c1-15-6-5-7-17(12-15)10-11-21(24)25-14-20(23)22-16(2)13-18-8-3-4-9-19(18)22/h3-12,16H,13-14H2,1-2H3/b11-10+/t16-/m0/s1. The number of ether oxygens (including phenoxy) is 1. The summed E-state index contributed by atoms with van der Waals surface area (Å²) in [7, 11) is 0. The average Bonchev–Trinajstić information content (AvgIpc) is 2.93. The van der Waals surface area contributed by atoms with Crippen molar-refractivity contribution in [3.63, 3.8) is 0 Å². The molecule has 2 aromatic carbocycles. The van der Waals surface area contributed by atoms with Crippen molar-refractivity contribution in [2.24, 2.45) is 0 Å². The molecule has 3 rings (SSSR count). The maximum Gasteiger partial charge on any atom is 0.331 e. The molecule has 1 amide bonds. The molecular weight excluding hydrogens is 314 g/mol. The minimum atomic E-state index is -0.519. The second-order valence-electron chi connectivity index (χ2n) is 6.30. The van der Waals surface area contributed by atoms with Gasteiger partial charge in [-0.1, -0.05) is 48.0 Å². The van der Waals surface area contributed by atoms with Crippen molar-refractivity contribution in [2.75, 3.05) is 11.5 Å². The van der Waals surface area contributed by atoms with Crippen molar-refractivity contribution in [1.29, 1.82) is 0 Å². The van der Waals surface area contributed by atoms with E-state index in [9.17, 15) is 9.59 Å². The lowest BCUT2D eigenvalue weighted by Crippen LogP contribution is -2.38. The second kappa shape index (κ2) is 7.34. The number of nitrogens with zero attached hydrogens (tertiary/aromatic N) is 1. The number of benzene rings is 2. The number of fused-ring (bicyclic) bond motifs is 1. The normalized spacial score (nSPS) is 16.1. The highest BCUT2D eigenvalue weighted by molar-refractivity contribution is 5.98. The van der Waals surface area contributed by atoms with Crippen LogP contribution in [0.5, 0.6) is 0 Å². The Kier molecular flexibility index (Phi) is 4.98. The number of anilines is 1. The Morgan fingerprint density at radius 3 is 2.80 bits per heavy atom. The molecule has 1 aliphatic heterocycles. The third-order valence-electron chi connectivity index (χ3n) is 4.27. The molecule has 128 valence electrons. The van der Waals surface area contributed by atoms with Crippen molar-refractivity contribution in [1.82, 2.24) is 0 Å². The SMILES string of the molecule is Cc1cccc(/C=C/C(=O)OCC(=O)N2c3ccccc3C[C@@H]2C)c1. The van der Waals surface area contributed by atoms with Gasteiger partial charge in [0.1, 0.15) is 0 Å². The van der Waals surface area contributed by atoms with Gasteiger partial charge in [-0.05, 0) is 43.5 Å². The fraction of sp³-hybridized carbons (Fsp3) is 0.238. The van der Waals surface area contributed by atoms with Gasteiger partial charge in [-0.3, -0.25) is 4.79 Å². The van der Waals surface area contributed by atoms with Crippen LogP contribution in [0.15, 0.2) is 54.6 Å². The van der Waals surface area contributed by atoms with E-state index in [-0.39, 0.29) is 18.6 Å². The van der Waals surface area contributed by atoms with Gasteiger partial charge in [0.2, 0.25) is 0 Å². The first-order chi connectivity index (χ1) is 12.0. The molecule has 0 saturated heterocycles. The average molecular weight is 335 g/mol. The van der Waals surface area contributed by atoms with E-state index < -0.39 is 5.97 Å². The van der Waals surface area contributed by atoms with Gasteiger partial charge >= 0.3 is 5.97 Å². The lowest BCUT2D eigenvalue weighted by Gasteiger charge is -2.22. The van der Waals surface area contributed by atoms with Gasteiger partial charge in [-0.2, -0.15) is 0 Å². The van der Waals surface area contributed by atoms with Crippen LogP contribution < -0.4 is 4.90 Å². The van der Waals surface area contributed by atoms with Gasteiger partial charge in [0.15, 0.2) is 6.61 Å². The Morgan fingerprint density at radius 1 is 1.20 bits per heavy atom. The summed E-state index contributed by atoms with van der Waals surface area (Å²) in [4.78, 5) is 26.0. The van der Waals surface area contributed by atoms with Crippen LogP contribution in [0.1, 0.15) is 23.6 Å². The Bertz CT molecular complexity index is 825. The van der Waals surface area contributed by atoms with Crippen LogP contribution in [0.4, 0.5) is 5.69 Å². The van der Waals surface area contributed by atoms with Crippen LogP contribution in [0, 0.1) is 6.92 Å². The number of carbonyl (C=O) groups is 2. The van der Waals surface area contributed by atoms with Crippen LogP contribution in [0.3, 0.4) is 0 Å². The third-order valence-corrected chi connectivity index (χ3v) is 4.27. The lowest BCUT2D eigenvalue weighted by atomic mass is 10.1. The largest absolute Gasteiger partial charge is 0.452 e. The van der Waals surface area contributed by atoms with E-state index in [0.717, 1.165) is 28.8 Å². The fourth-order valence-electron chi connectivity index (χ4n) is 3.13. The van der Waals surface area contributed by atoms with Crippen molar-refractivity contribution < 1.29 is 14.3 Å². The highest BCUT2D eigenvalue weighted by atomic mass is 16.5. The minimum Gasteiger partial charge on any atom is -0.452 e. The number of hydrogen-bond acceptors (Lipinski definition) is 3. The Hall–Kier alpha value is -2.88. The molecule has 0 fully saturated rings. The van der Waals surface area contributed by atoms with Crippen molar-refractivity contribution in [3.8, 4) is 0 Å². The Labute approximate surface area is 147 Å². The Balaban J connectivity index is 1.58. The molecule has 1 aliphatic rings. The molecule has 1 atom stereocenters. The highest BCUT2D eigenvalue weighted by Gasteiger charge is 2.30. The summed E-state index contributed by atoms with van der Waals surface area (Å²) in [6.07, 6.45) is 3.86. The van der Waals surface area contributed by atoms with Crippen LogP contribution in [0.2, 0.25) is 0 Å². The molecule has 0 radical (unpaired) electrons. The molecule has 4 nitrogen and oxygen atoms in total. The molecule has 0 saturated carbocycles. The van der Waals surface area contributed by atoms with Gasteiger partial charge in [-0.25, -0.2) is 4.79 Å². The van der Waals surface area contributed by atoms with E-state index in [4.69, 9.17) is 4.74 Å². The van der Waals surface area contributed by atoms with Crippen LogP contribution in [0.25, 0.3) is 6.08 Å². The van der Waals surface area contributed by atoms with Gasteiger partial charge in [0, 0.05) is 17.8 Å². The molecule has 0 aromatic heterocycles. The van der Waals surface area contributed by atoms with E-state index in [1.807, 2.05) is 62.4 Å². The Morgan fingerprint density at radius 2 is 2.00 bits per heavy atom. The molecule has 0 N–H and O–H groups in total. The molecule has 0 bridgehead atoms. The molecule has 0 aliphatic carbocycles. The maximum absolute atomic E-state index is 12.5. The minimum absolute atomic E-state index is 0.0754. The summed E-state index contributed by atoms with van der Waals surface area (Å²) in [6, 6.07) is 15.7. The third kappa shape index (κ3) is 3.97. The molecule has 1 heterocycles. The zero-order valence-electron chi connectivity index (χ0n) is 14.4. The molecule has 2 aromatic rings. The monoisotopic (exact) mass is 335 g/mol. The number of para-hydroxylation sites is 1. The van der Waals surface area contributed by atoms with E-state index in [2.05, 4.69) is 0 Å². The summed E-state index contributed by atoms with van der Waals surface area (Å²) < 4.78 is 5.11. The number of carbonyl (C=O) groups excluding carboxylic acids is 2. The first-order valence-corrected chi connectivity index (χ1v) is 8.36. The highest BCUT2D eigenvalue weighted by Crippen LogP contribution is 2.31. The van der Waals surface area contributed by atoms with Crippen LogP contribution in [-0.4, -0.2) is 24.5 Å². The summed E-state index contributed by atoms with van der Waals surface area (Å²) in [5.74, 6) is -0.718. The number of hydrogen-bond donors (Lipinski definition) is 0. The van der Waals surface area contributed by atoms with Gasteiger partial charge < -0.3 is 9.64 Å². The number of esters is 1. The van der Waals surface area contributed by atoms with Gasteiger partial charge in [-0.15, -0.1) is 0 Å². The molecule has 4 heteroatoms. The smallest absolute Gasteiger partial charge is 0.331 e. The molecular formula is C21H21NO3. The topological polar surface area (TPSA) is 46.6 Å². The lowest BCUT2D eigenvalue weighted by molar-refractivity contribution is -0.143. The molecule has 0 spiro atoms. The first-order valence-electron chi connectivity index (χ1n) is 8.36. The molecule has 25 heavy (non-hydrogen) atoms. The second-order valence-corrected chi connectivity index (χ2v) is 6.30. The van der Waals surface area contributed by atoms with Crippen LogP contribution in [-0.2, 0) is 20.7 Å². The summed E-state index contributed by atoms with van der Waals surface area (Å²) >= 11 is 0. The maximum atomic E-state index is 12.5. The number of aryl methyl sites for hydroxylation is 1. The van der Waals surface area contributed by atoms with Crippen molar-refractivity contribution >= 4 is 23.6 Å². The predicted molar refractivity (Wildman–Crippen MR) is 98.3 cm³/mol. The predicted octanol–water partition coefficient (Wildman–Crippen LogP) is 3.53. The van der Waals surface area contributed by atoms with E-state index in [1.165, 1.54) is 6.08 Å². The zero-order chi connectivity index (χ0) is 17.8. The summed E-state index contributed by atoms with van der Waals surface area (Å²) in [6.45, 7) is 3.73. The van der Waals surface area contributed by atoms with E-state index >= 15 is 0 Å². The first kappa shape index (κ1) is 17.0.